The number of rotatable bonds is 3. The number of aromatic nitrogens is 4. The van der Waals surface area contributed by atoms with Crippen LogP contribution in [0.5, 0.6) is 0 Å². The second-order valence-corrected chi connectivity index (χ2v) is 7.84. The van der Waals surface area contributed by atoms with E-state index in [0.29, 0.717) is 5.78 Å². The van der Waals surface area contributed by atoms with Crippen LogP contribution in [0.25, 0.3) is 5.78 Å². The summed E-state index contributed by atoms with van der Waals surface area (Å²) in [4.78, 5) is 7.93. The van der Waals surface area contributed by atoms with Gasteiger partial charge >= 0.3 is 0 Å². The van der Waals surface area contributed by atoms with Gasteiger partial charge in [0.25, 0.3) is 21.7 Å². The number of sulfonamides is 1. The quantitative estimate of drug-likeness (QED) is 0.769. The lowest BCUT2D eigenvalue weighted by Gasteiger charge is -2.00. The minimum atomic E-state index is -3.67. The summed E-state index contributed by atoms with van der Waals surface area (Å²) in [5.41, 5.74) is 0. The maximum Gasteiger partial charge on any atom is 0.273 e. The summed E-state index contributed by atoms with van der Waals surface area (Å²) in [5, 5.41) is 3.98. The smallest absolute Gasteiger partial charge is 0.245 e. The Labute approximate surface area is 120 Å². The fourth-order valence-electron chi connectivity index (χ4n) is 1.39. The van der Waals surface area contributed by atoms with Crippen LogP contribution in [-0.2, 0) is 10.0 Å². The van der Waals surface area contributed by atoms with Gasteiger partial charge in [-0.25, -0.2) is 22.6 Å². The molecule has 0 aliphatic heterocycles. The molecule has 3 rings (SSSR count). The normalized spacial score (nSPS) is 11.8. The molecule has 0 atom stereocenters. The molecule has 0 radical (unpaired) electrons. The van der Waals surface area contributed by atoms with E-state index in [-0.39, 0.29) is 10.2 Å². The van der Waals surface area contributed by atoms with Crippen molar-refractivity contribution in [2.24, 2.45) is 0 Å². The molecule has 0 bridgehead atoms. The van der Waals surface area contributed by atoms with E-state index in [4.69, 9.17) is 0 Å². The summed E-state index contributed by atoms with van der Waals surface area (Å²) in [6.07, 6.45) is 3.19. The van der Waals surface area contributed by atoms with Gasteiger partial charge in [-0.1, -0.05) is 0 Å². The predicted octanol–water partition coefficient (Wildman–Crippen LogP) is 1.75. The van der Waals surface area contributed by atoms with Gasteiger partial charge < -0.3 is 0 Å². The number of anilines is 1. The highest BCUT2D eigenvalue weighted by atomic mass is 79.9. The highest BCUT2D eigenvalue weighted by Crippen LogP contribution is 2.26. The molecule has 0 unspecified atom stereocenters. The molecule has 0 amide bonds. The van der Waals surface area contributed by atoms with E-state index in [1.807, 2.05) is 0 Å². The van der Waals surface area contributed by atoms with Crippen molar-refractivity contribution in [1.82, 2.24) is 19.6 Å². The highest BCUT2D eigenvalue weighted by molar-refractivity contribution is 9.11. The number of nitrogens with one attached hydrogen (secondary N) is 1. The van der Waals surface area contributed by atoms with Crippen molar-refractivity contribution >= 4 is 49.0 Å². The molecular weight excluding hydrogens is 354 g/mol. The number of hydrogen-bond donors (Lipinski definition) is 1. The minimum absolute atomic E-state index is 0.0109. The maximum atomic E-state index is 12.1. The number of thiophene rings is 1. The second-order valence-electron chi connectivity index (χ2n) is 3.46. The Morgan fingerprint density at radius 2 is 2.21 bits per heavy atom. The molecule has 19 heavy (non-hydrogen) atoms. The van der Waals surface area contributed by atoms with E-state index in [2.05, 4.69) is 35.7 Å². The van der Waals surface area contributed by atoms with Gasteiger partial charge in [-0.2, -0.15) is 4.98 Å². The van der Waals surface area contributed by atoms with E-state index >= 15 is 0 Å². The number of fused-ring (bicyclic) bond motifs is 1. The van der Waals surface area contributed by atoms with E-state index in [1.54, 1.807) is 24.5 Å². The lowest BCUT2D eigenvalue weighted by molar-refractivity contribution is 0.602. The molecule has 0 spiro atoms. The summed E-state index contributed by atoms with van der Waals surface area (Å²) in [6, 6.07) is 4.85. The van der Waals surface area contributed by atoms with Crippen molar-refractivity contribution in [3.05, 3.63) is 34.4 Å². The van der Waals surface area contributed by atoms with Crippen LogP contribution in [-0.4, -0.2) is 28.0 Å². The SMILES string of the molecule is O=S(=O)(Nc1nc2ncccn2n1)c1ccc(Br)s1. The van der Waals surface area contributed by atoms with E-state index in [0.717, 1.165) is 15.1 Å². The summed E-state index contributed by atoms with van der Waals surface area (Å²) in [7, 11) is -3.67. The predicted molar refractivity (Wildman–Crippen MR) is 73.6 cm³/mol. The van der Waals surface area contributed by atoms with Crippen molar-refractivity contribution in [3.63, 3.8) is 0 Å². The summed E-state index contributed by atoms with van der Waals surface area (Å²) < 4.78 is 28.7. The first kappa shape index (κ1) is 12.5. The first-order valence-corrected chi connectivity index (χ1v) is 8.09. The molecule has 3 heterocycles. The Kier molecular flexibility index (Phi) is 2.99. The zero-order valence-corrected chi connectivity index (χ0v) is 12.4. The average Bonchev–Trinajstić information content (AvgIpc) is 2.94. The summed E-state index contributed by atoms with van der Waals surface area (Å²) >= 11 is 4.33. The van der Waals surface area contributed by atoms with E-state index < -0.39 is 10.0 Å². The molecule has 0 aliphatic rings. The minimum Gasteiger partial charge on any atom is -0.245 e. The molecule has 0 saturated heterocycles. The summed E-state index contributed by atoms with van der Waals surface area (Å²) in [5.74, 6) is 0.316. The van der Waals surface area contributed by atoms with E-state index in [1.165, 1.54) is 10.6 Å². The molecule has 3 aromatic rings. The number of hydrogen-bond acceptors (Lipinski definition) is 6. The standard InChI is InChI=1S/C9H6BrN5O2S2/c10-6-2-3-7(18-6)19(16,17)14-8-12-9-11-4-1-5-15(9)13-8/h1-5H,(H,13,14). The van der Waals surface area contributed by atoms with Crippen molar-refractivity contribution in [3.8, 4) is 0 Å². The van der Waals surface area contributed by atoms with Crippen molar-refractivity contribution in [1.29, 1.82) is 0 Å². The van der Waals surface area contributed by atoms with Gasteiger partial charge in [0.1, 0.15) is 4.21 Å². The van der Waals surface area contributed by atoms with Gasteiger partial charge in [-0.3, -0.25) is 0 Å². The summed E-state index contributed by atoms with van der Waals surface area (Å²) in [6.45, 7) is 0. The van der Waals surface area contributed by atoms with Crippen LogP contribution in [0, 0.1) is 0 Å². The van der Waals surface area contributed by atoms with Gasteiger partial charge in [-0.15, -0.1) is 16.4 Å². The Hall–Kier alpha value is -1.52. The van der Waals surface area contributed by atoms with Crippen molar-refractivity contribution in [2.45, 2.75) is 4.21 Å². The van der Waals surface area contributed by atoms with Gasteiger partial charge in [-0.05, 0) is 34.1 Å². The molecule has 0 saturated carbocycles. The van der Waals surface area contributed by atoms with Crippen molar-refractivity contribution < 1.29 is 8.42 Å². The van der Waals surface area contributed by atoms with Crippen LogP contribution < -0.4 is 4.72 Å². The van der Waals surface area contributed by atoms with Crippen molar-refractivity contribution in [2.75, 3.05) is 4.72 Å². The molecule has 0 fully saturated rings. The first-order chi connectivity index (χ1) is 9.04. The molecule has 3 aromatic heterocycles. The fraction of sp³-hybridized carbons (Fsp3) is 0. The van der Waals surface area contributed by atoms with Crippen LogP contribution in [0.2, 0.25) is 0 Å². The zero-order valence-electron chi connectivity index (χ0n) is 9.19. The monoisotopic (exact) mass is 359 g/mol. The lowest BCUT2D eigenvalue weighted by atomic mass is 10.7. The fourth-order valence-corrected chi connectivity index (χ4v) is 4.34. The van der Waals surface area contributed by atoms with Gasteiger partial charge in [0.15, 0.2) is 0 Å². The average molecular weight is 360 g/mol. The molecular formula is C9H6BrN5O2S2. The third-order valence-corrected chi connectivity index (χ3v) is 5.60. The molecule has 1 N–H and O–H groups in total. The molecule has 7 nitrogen and oxygen atoms in total. The molecule has 0 aliphatic carbocycles. The number of halogens is 1. The molecule has 0 aromatic carbocycles. The van der Waals surface area contributed by atoms with Crippen LogP contribution in [0.15, 0.2) is 38.6 Å². The molecule has 98 valence electrons. The van der Waals surface area contributed by atoms with Crippen LogP contribution in [0.1, 0.15) is 0 Å². The molecule has 10 heteroatoms. The van der Waals surface area contributed by atoms with Gasteiger partial charge in [0.2, 0.25) is 0 Å². The second kappa shape index (κ2) is 4.54. The Balaban J connectivity index is 1.96. The van der Waals surface area contributed by atoms with Gasteiger partial charge in [0.05, 0.1) is 3.79 Å². The third-order valence-electron chi connectivity index (χ3n) is 2.16. The largest absolute Gasteiger partial charge is 0.273 e. The maximum absolute atomic E-state index is 12.1. The third kappa shape index (κ3) is 2.46. The van der Waals surface area contributed by atoms with E-state index in [9.17, 15) is 8.42 Å². The zero-order chi connectivity index (χ0) is 13.5. The lowest BCUT2D eigenvalue weighted by Crippen LogP contribution is -2.12. The first-order valence-electron chi connectivity index (χ1n) is 5.00. The van der Waals surface area contributed by atoms with Gasteiger partial charge in [0, 0.05) is 12.4 Å². The van der Waals surface area contributed by atoms with Crippen LogP contribution in [0.3, 0.4) is 0 Å². The Bertz CT molecular complexity index is 808. The highest BCUT2D eigenvalue weighted by Gasteiger charge is 2.19. The topological polar surface area (TPSA) is 89.2 Å². The Morgan fingerprint density at radius 1 is 1.37 bits per heavy atom. The van der Waals surface area contributed by atoms with Crippen LogP contribution in [0.4, 0.5) is 5.95 Å². The van der Waals surface area contributed by atoms with Crippen LogP contribution >= 0.6 is 27.3 Å². The Morgan fingerprint density at radius 3 is 2.89 bits per heavy atom. The number of nitrogens with zero attached hydrogens (tertiary/aromatic N) is 4.